The maximum absolute atomic E-state index is 12.4. The first-order valence-corrected chi connectivity index (χ1v) is 8.99. The normalized spacial score (nSPS) is 11.8. The van der Waals surface area contributed by atoms with Gasteiger partial charge in [0.1, 0.15) is 23.0 Å². The predicted octanol–water partition coefficient (Wildman–Crippen LogP) is 1.39. The molecular formula is C17H19N5O4S. The molecular weight excluding hydrogens is 370 g/mol. The first-order chi connectivity index (χ1) is 13.0. The van der Waals surface area contributed by atoms with E-state index in [1.165, 1.54) is 11.3 Å². The van der Waals surface area contributed by atoms with E-state index < -0.39 is 5.69 Å². The van der Waals surface area contributed by atoms with Gasteiger partial charge in [0, 0.05) is 5.56 Å². The van der Waals surface area contributed by atoms with Gasteiger partial charge in [-0.05, 0) is 53.1 Å². The monoisotopic (exact) mass is 389 g/mol. The number of aromatic nitrogens is 4. The molecule has 0 saturated heterocycles. The molecule has 0 aliphatic heterocycles. The van der Waals surface area contributed by atoms with E-state index in [0.29, 0.717) is 16.5 Å². The van der Waals surface area contributed by atoms with Gasteiger partial charge in [-0.2, -0.15) is 9.36 Å². The van der Waals surface area contributed by atoms with Crippen molar-refractivity contribution >= 4 is 17.2 Å². The van der Waals surface area contributed by atoms with E-state index in [9.17, 15) is 9.59 Å². The minimum Gasteiger partial charge on any atom is -0.497 e. The lowest BCUT2D eigenvalue weighted by Crippen LogP contribution is -2.34. The van der Waals surface area contributed by atoms with Crippen molar-refractivity contribution in [2.45, 2.75) is 19.5 Å². The van der Waals surface area contributed by atoms with Crippen LogP contribution in [-0.2, 0) is 11.3 Å². The largest absolute Gasteiger partial charge is 0.497 e. The summed E-state index contributed by atoms with van der Waals surface area (Å²) in [7, 11) is 3.13. The number of carbonyl (C=O) groups is 1. The standard InChI is InChI=1S/C17H19N5O4S/c1-11(13-9-12(25-2)6-7-14(13)26-3)18-15(23)10-21-17(24)22(20-19-21)16-5-4-8-27-16/h4-9,11H,10H2,1-3H3,(H,18,23). The topological polar surface area (TPSA) is 100 Å². The highest BCUT2D eigenvalue weighted by Gasteiger charge is 2.17. The Labute approximate surface area is 159 Å². The Morgan fingerprint density at radius 3 is 2.74 bits per heavy atom. The third kappa shape index (κ3) is 4.00. The van der Waals surface area contributed by atoms with Gasteiger partial charge in [-0.3, -0.25) is 4.79 Å². The van der Waals surface area contributed by atoms with E-state index in [2.05, 4.69) is 15.7 Å². The molecule has 1 unspecified atom stereocenters. The van der Waals surface area contributed by atoms with Crippen LogP contribution in [0, 0.1) is 0 Å². The highest BCUT2D eigenvalue weighted by Crippen LogP contribution is 2.29. The first kappa shape index (κ1) is 18.6. The lowest BCUT2D eigenvalue weighted by molar-refractivity contribution is -0.122. The van der Waals surface area contributed by atoms with Gasteiger partial charge in [-0.1, -0.05) is 0 Å². The SMILES string of the molecule is COc1ccc(OC)c(C(C)NC(=O)Cn2nnn(-c3cccs3)c2=O)c1. The van der Waals surface area contributed by atoms with Crippen molar-refractivity contribution < 1.29 is 14.3 Å². The Bertz CT molecular complexity index is 980. The smallest absolute Gasteiger partial charge is 0.369 e. The van der Waals surface area contributed by atoms with Crippen molar-refractivity contribution in [2.24, 2.45) is 0 Å². The van der Waals surface area contributed by atoms with Gasteiger partial charge in [0.2, 0.25) is 5.91 Å². The maximum Gasteiger partial charge on any atom is 0.369 e. The van der Waals surface area contributed by atoms with Gasteiger partial charge in [0.25, 0.3) is 0 Å². The molecule has 0 saturated carbocycles. The van der Waals surface area contributed by atoms with Crippen molar-refractivity contribution in [3.05, 3.63) is 51.8 Å². The number of methoxy groups -OCH3 is 2. The Kier molecular flexibility index (Phi) is 5.55. The molecule has 3 rings (SSSR count). The zero-order chi connectivity index (χ0) is 19.4. The maximum atomic E-state index is 12.4. The van der Waals surface area contributed by atoms with Crippen LogP contribution >= 0.6 is 11.3 Å². The molecule has 2 aromatic heterocycles. The third-order valence-corrected chi connectivity index (χ3v) is 4.77. The van der Waals surface area contributed by atoms with Crippen molar-refractivity contribution in [1.82, 2.24) is 25.1 Å². The van der Waals surface area contributed by atoms with Gasteiger partial charge in [0.05, 0.1) is 20.3 Å². The summed E-state index contributed by atoms with van der Waals surface area (Å²) in [5.41, 5.74) is 0.291. The lowest BCUT2D eigenvalue weighted by Gasteiger charge is -2.18. The molecule has 0 spiro atoms. The molecule has 9 nitrogen and oxygen atoms in total. The molecule has 1 atom stereocenters. The number of nitrogens with zero attached hydrogens (tertiary/aromatic N) is 4. The summed E-state index contributed by atoms with van der Waals surface area (Å²) in [4.78, 5) is 24.7. The number of rotatable bonds is 7. The molecule has 0 bridgehead atoms. The van der Waals surface area contributed by atoms with Crippen molar-refractivity contribution in [3.8, 4) is 16.5 Å². The van der Waals surface area contributed by atoms with E-state index in [1.807, 2.05) is 12.3 Å². The summed E-state index contributed by atoms with van der Waals surface area (Å²) in [6.45, 7) is 1.58. The molecule has 142 valence electrons. The van der Waals surface area contributed by atoms with E-state index in [0.717, 1.165) is 14.9 Å². The molecule has 2 heterocycles. The van der Waals surface area contributed by atoms with E-state index in [1.54, 1.807) is 44.6 Å². The zero-order valence-corrected chi connectivity index (χ0v) is 15.9. The first-order valence-electron chi connectivity index (χ1n) is 8.11. The Morgan fingerprint density at radius 2 is 2.07 bits per heavy atom. The van der Waals surface area contributed by atoms with Crippen LogP contribution in [0.3, 0.4) is 0 Å². The van der Waals surface area contributed by atoms with Crippen LogP contribution in [-0.4, -0.2) is 39.9 Å². The lowest BCUT2D eigenvalue weighted by atomic mass is 10.1. The highest BCUT2D eigenvalue weighted by molar-refractivity contribution is 7.12. The molecule has 3 aromatic rings. The molecule has 10 heteroatoms. The van der Waals surface area contributed by atoms with Crippen LogP contribution < -0.4 is 20.5 Å². The Hall–Kier alpha value is -3.14. The van der Waals surface area contributed by atoms with Gasteiger partial charge in [-0.25, -0.2) is 4.79 Å². The number of amides is 1. The molecule has 0 aliphatic rings. The van der Waals surface area contributed by atoms with Crippen LogP contribution in [0.5, 0.6) is 11.5 Å². The Balaban J connectivity index is 1.72. The number of nitrogens with one attached hydrogen (secondary N) is 1. The molecule has 0 aliphatic carbocycles. The third-order valence-electron chi connectivity index (χ3n) is 3.93. The minimum atomic E-state index is -0.473. The van der Waals surface area contributed by atoms with Gasteiger partial charge < -0.3 is 14.8 Å². The predicted molar refractivity (Wildman–Crippen MR) is 99.6 cm³/mol. The van der Waals surface area contributed by atoms with Crippen LogP contribution in [0.15, 0.2) is 40.5 Å². The minimum absolute atomic E-state index is 0.235. The van der Waals surface area contributed by atoms with E-state index >= 15 is 0 Å². The second kappa shape index (κ2) is 8.04. The average molecular weight is 389 g/mol. The summed E-state index contributed by atoms with van der Waals surface area (Å²) in [6.07, 6.45) is 0. The Morgan fingerprint density at radius 1 is 1.26 bits per heavy atom. The number of tetrazole rings is 1. The fourth-order valence-electron chi connectivity index (χ4n) is 2.58. The second-order valence-electron chi connectivity index (χ2n) is 5.68. The second-order valence-corrected chi connectivity index (χ2v) is 6.61. The van der Waals surface area contributed by atoms with Crippen LogP contribution in [0.2, 0.25) is 0 Å². The summed E-state index contributed by atoms with van der Waals surface area (Å²) < 4.78 is 12.7. The number of carbonyl (C=O) groups excluding carboxylic acids is 1. The van der Waals surface area contributed by atoms with Crippen molar-refractivity contribution in [2.75, 3.05) is 14.2 Å². The van der Waals surface area contributed by atoms with Gasteiger partial charge in [0.15, 0.2) is 0 Å². The molecule has 1 N–H and O–H groups in total. The van der Waals surface area contributed by atoms with Crippen LogP contribution in [0.4, 0.5) is 0 Å². The van der Waals surface area contributed by atoms with E-state index in [-0.39, 0.29) is 18.5 Å². The van der Waals surface area contributed by atoms with E-state index in [4.69, 9.17) is 9.47 Å². The summed E-state index contributed by atoms with van der Waals surface area (Å²) in [6, 6.07) is 8.55. The number of hydrogen-bond donors (Lipinski definition) is 1. The molecule has 27 heavy (non-hydrogen) atoms. The molecule has 1 amide bonds. The molecule has 0 radical (unpaired) electrons. The number of thiophene rings is 1. The van der Waals surface area contributed by atoms with Crippen LogP contribution in [0.25, 0.3) is 5.00 Å². The summed E-state index contributed by atoms with van der Waals surface area (Å²) in [5, 5.41) is 12.9. The summed E-state index contributed by atoms with van der Waals surface area (Å²) in [5.74, 6) is 0.916. The number of hydrogen-bond acceptors (Lipinski definition) is 7. The summed E-state index contributed by atoms with van der Waals surface area (Å²) >= 11 is 1.36. The fraction of sp³-hybridized carbons (Fsp3) is 0.294. The van der Waals surface area contributed by atoms with Crippen molar-refractivity contribution in [3.63, 3.8) is 0 Å². The molecule has 0 fully saturated rings. The van der Waals surface area contributed by atoms with Crippen LogP contribution in [0.1, 0.15) is 18.5 Å². The zero-order valence-electron chi connectivity index (χ0n) is 15.1. The highest BCUT2D eigenvalue weighted by atomic mass is 32.1. The van der Waals surface area contributed by atoms with Gasteiger partial charge >= 0.3 is 5.69 Å². The average Bonchev–Trinajstić information content (AvgIpc) is 3.31. The van der Waals surface area contributed by atoms with Crippen molar-refractivity contribution in [1.29, 1.82) is 0 Å². The van der Waals surface area contributed by atoms with Gasteiger partial charge in [-0.15, -0.1) is 11.3 Å². The quantitative estimate of drug-likeness (QED) is 0.655. The number of ether oxygens (including phenoxy) is 2. The fourth-order valence-corrected chi connectivity index (χ4v) is 3.25. The molecule has 1 aromatic carbocycles. The number of benzene rings is 1.